The van der Waals surface area contributed by atoms with Gasteiger partial charge in [-0.15, -0.1) is 0 Å². The zero-order valence-electron chi connectivity index (χ0n) is 15.2. The van der Waals surface area contributed by atoms with Crippen LogP contribution in [0.5, 0.6) is 0 Å². The molecule has 0 aromatic carbocycles. The average molecular weight is 337 g/mol. The Kier molecular flexibility index (Phi) is 4.52. The highest BCUT2D eigenvalue weighted by molar-refractivity contribution is 5.98. The molecule has 7 nitrogen and oxygen atoms in total. The molecule has 0 aliphatic heterocycles. The number of amides is 1. The van der Waals surface area contributed by atoms with E-state index in [0.717, 1.165) is 0 Å². The molecule has 2 rings (SSSR count). The largest absolute Gasteiger partial charge is 0.479 e. The Balaban J connectivity index is 2.22. The number of carboxylic acid groups (broad SMARTS) is 1. The molecule has 0 saturated heterocycles. The maximum Gasteiger partial charge on any atom is 0.330 e. The van der Waals surface area contributed by atoms with Crippen LogP contribution in [0.25, 0.3) is 0 Å². The summed E-state index contributed by atoms with van der Waals surface area (Å²) in [6, 6.07) is 0. The first-order valence-corrected chi connectivity index (χ1v) is 8.18. The van der Waals surface area contributed by atoms with Crippen molar-refractivity contribution in [2.75, 3.05) is 6.61 Å². The number of carboxylic acids is 1. The van der Waals surface area contributed by atoms with Gasteiger partial charge < -0.3 is 15.2 Å². The summed E-state index contributed by atoms with van der Waals surface area (Å²) in [6.07, 6.45) is 3.15. The number of rotatable bonds is 5. The van der Waals surface area contributed by atoms with Gasteiger partial charge in [0.05, 0.1) is 23.4 Å². The summed E-state index contributed by atoms with van der Waals surface area (Å²) < 4.78 is 7.29. The molecule has 2 N–H and O–H groups in total. The van der Waals surface area contributed by atoms with Crippen LogP contribution in [0, 0.1) is 5.41 Å². The van der Waals surface area contributed by atoms with Crippen LogP contribution >= 0.6 is 0 Å². The van der Waals surface area contributed by atoms with Crippen molar-refractivity contribution in [1.82, 2.24) is 15.1 Å². The molecule has 1 aliphatic carbocycles. The van der Waals surface area contributed by atoms with Crippen LogP contribution in [0.15, 0.2) is 12.4 Å². The topological polar surface area (TPSA) is 93.5 Å². The Morgan fingerprint density at radius 2 is 2.08 bits per heavy atom. The van der Waals surface area contributed by atoms with Gasteiger partial charge in [0.25, 0.3) is 5.91 Å². The molecule has 1 aliphatic rings. The number of hydrogen-bond acceptors (Lipinski definition) is 4. The molecule has 0 radical (unpaired) electrons. The van der Waals surface area contributed by atoms with Gasteiger partial charge in [0.2, 0.25) is 0 Å². The van der Waals surface area contributed by atoms with Gasteiger partial charge in [-0.05, 0) is 27.7 Å². The lowest BCUT2D eigenvalue weighted by Crippen LogP contribution is -2.76. The van der Waals surface area contributed by atoms with Crippen molar-refractivity contribution in [1.29, 1.82) is 0 Å². The predicted octanol–water partition coefficient (Wildman–Crippen LogP) is 2.03. The van der Waals surface area contributed by atoms with Crippen molar-refractivity contribution in [3.8, 4) is 0 Å². The normalized spacial score (nSPS) is 25.8. The summed E-state index contributed by atoms with van der Waals surface area (Å²) in [7, 11) is 0. The van der Waals surface area contributed by atoms with Crippen molar-refractivity contribution in [2.45, 2.75) is 65.1 Å². The number of aromatic nitrogens is 2. The Morgan fingerprint density at radius 1 is 1.46 bits per heavy atom. The second-order valence-corrected chi connectivity index (χ2v) is 7.88. The van der Waals surface area contributed by atoms with E-state index in [4.69, 9.17) is 4.74 Å². The van der Waals surface area contributed by atoms with Gasteiger partial charge in [0.15, 0.2) is 0 Å². The predicted molar refractivity (Wildman–Crippen MR) is 88.9 cm³/mol. The average Bonchev–Trinajstić information content (AvgIpc) is 2.95. The zero-order valence-corrected chi connectivity index (χ0v) is 15.2. The molecule has 0 bridgehead atoms. The molecule has 7 heteroatoms. The number of hydrogen-bond donors (Lipinski definition) is 2. The Morgan fingerprint density at radius 3 is 2.50 bits per heavy atom. The minimum absolute atomic E-state index is 0.198. The van der Waals surface area contributed by atoms with Crippen molar-refractivity contribution in [3.05, 3.63) is 18.0 Å². The highest BCUT2D eigenvalue weighted by Crippen LogP contribution is 2.51. The molecular formula is C17H27N3O4. The van der Waals surface area contributed by atoms with E-state index in [1.165, 1.54) is 6.20 Å². The van der Waals surface area contributed by atoms with E-state index in [1.54, 1.807) is 10.9 Å². The van der Waals surface area contributed by atoms with Crippen LogP contribution < -0.4 is 5.32 Å². The Bertz CT molecular complexity index is 645. The van der Waals surface area contributed by atoms with E-state index >= 15 is 0 Å². The first-order chi connectivity index (χ1) is 11.0. The third-order valence-electron chi connectivity index (χ3n) is 4.99. The lowest BCUT2D eigenvalue weighted by molar-refractivity contribution is -0.190. The van der Waals surface area contributed by atoms with E-state index < -0.39 is 22.8 Å². The molecule has 0 spiro atoms. The summed E-state index contributed by atoms with van der Waals surface area (Å²) in [5, 5.41) is 16.7. The molecule has 134 valence electrons. The second-order valence-electron chi connectivity index (χ2n) is 7.88. The van der Waals surface area contributed by atoms with Crippen LogP contribution in [0.1, 0.15) is 58.3 Å². The molecule has 24 heavy (non-hydrogen) atoms. The summed E-state index contributed by atoms with van der Waals surface area (Å²) in [5.41, 5.74) is -1.95. The molecule has 1 heterocycles. The Labute approximate surface area is 142 Å². The van der Waals surface area contributed by atoms with Crippen LogP contribution in [-0.4, -0.2) is 45.0 Å². The van der Waals surface area contributed by atoms with Gasteiger partial charge in [-0.3, -0.25) is 9.48 Å². The lowest BCUT2D eigenvalue weighted by atomic mass is 9.54. The van der Waals surface area contributed by atoms with Crippen molar-refractivity contribution in [3.63, 3.8) is 0 Å². The van der Waals surface area contributed by atoms with E-state index in [2.05, 4.69) is 10.4 Å². The summed E-state index contributed by atoms with van der Waals surface area (Å²) >= 11 is 0. The van der Waals surface area contributed by atoms with Crippen LogP contribution in [0.2, 0.25) is 0 Å². The number of nitrogens with zero attached hydrogens (tertiary/aromatic N) is 2. The second kappa shape index (κ2) is 5.88. The molecule has 1 saturated carbocycles. The number of carbonyl (C=O) groups is 2. The molecule has 1 fully saturated rings. The number of aliphatic carboxylic acids is 1. The summed E-state index contributed by atoms with van der Waals surface area (Å²) in [4.78, 5) is 24.5. The van der Waals surface area contributed by atoms with Crippen molar-refractivity contribution in [2.24, 2.45) is 5.41 Å². The Hall–Kier alpha value is -1.89. The summed E-state index contributed by atoms with van der Waals surface area (Å²) in [5.74, 6) is -1.48. The maximum atomic E-state index is 12.6. The fourth-order valence-electron chi connectivity index (χ4n) is 3.11. The number of ether oxygens (including phenoxy) is 1. The van der Waals surface area contributed by atoms with E-state index in [0.29, 0.717) is 12.2 Å². The quantitative estimate of drug-likeness (QED) is 0.857. The van der Waals surface area contributed by atoms with Crippen LogP contribution in [0.4, 0.5) is 0 Å². The molecule has 1 aromatic rings. The SMILES string of the molecule is CCOC1CC(NC(=O)c2cnn(C(C)(C)C)c2)(C(=O)O)C1(C)C. The maximum absolute atomic E-state index is 12.6. The minimum Gasteiger partial charge on any atom is -0.479 e. The third-order valence-corrected chi connectivity index (χ3v) is 4.99. The number of carbonyl (C=O) groups excluding carboxylic acids is 1. The molecule has 1 aromatic heterocycles. The van der Waals surface area contributed by atoms with Gasteiger partial charge in [0, 0.05) is 24.6 Å². The minimum atomic E-state index is -1.34. The first kappa shape index (κ1) is 18.4. The van der Waals surface area contributed by atoms with Gasteiger partial charge in [-0.25, -0.2) is 4.79 Å². The standard InChI is InChI=1S/C17H27N3O4/c1-7-24-12-8-17(14(22)23,16(12,5)6)19-13(21)11-9-18-20(10-11)15(2,3)4/h9-10,12H,7-8H2,1-6H3,(H,19,21)(H,22,23). The zero-order chi connectivity index (χ0) is 18.3. The smallest absolute Gasteiger partial charge is 0.330 e. The fourth-order valence-corrected chi connectivity index (χ4v) is 3.11. The molecule has 1 amide bonds. The van der Waals surface area contributed by atoms with Crippen molar-refractivity contribution >= 4 is 11.9 Å². The van der Waals surface area contributed by atoms with Gasteiger partial charge >= 0.3 is 5.97 Å². The van der Waals surface area contributed by atoms with E-state index in [9.17, 15) is 14.7 Å². The molecular weight excluding hydrogens is 310 g/mol. The third kappa shape index (κ3) is 2.81. The van der Waals surface area contributed by atoms with Gasteiger partial charge in [-0.1, -0.05) is 13.8 Å². The summed E-state index contributed by atoms with van der Waals surface area (Å²) in [6.45, 7) is 11.9. The van der Waals surface area contributed by atoms with E-state index in [-0.39, 0.29) is 18.1 Å². The highest BCUT2D eigenvalue weighted by atomic mass is 16.5. The van der Waals surface area contributed by atoms with Gasteiger partial charge in [0.1, 0.15) is 5.54 Å². The highest BCUT2D eigenvalue weighted by Gasteiger charge is 2.66. The molecule has 2 unspecified atom stereocenters. The van der Waals surface area contributed by atoms with E-state index in [1.807, 2.05) is 41.5 Å². The first-order valence-electron chi connectivity index (χ1n) is 8.18. The molecule has 2 atom stereocenters. The van der Waals surface area contributed by atoms with Crippen molar-refractivity contribution < 1.29 is 19.4 Å². The monoisotopic (exact) mass is 337 g/mol. The lowest BCUT2D eigenvalue weighted by Gasteiger charge is -2.58. The van der Waals surface area contributed by atoms with Crippen LogP contribution in [0.3, 0.4) is 0 Å². The fraction of sp³-hybridized carbons (Fsp3) is 0.706. The van der Waals surface area contributed by atoms with Crippen LogP contribution in [-0.2, 0) is 15.1 Å². The number of nitrogens with one attached hydrogen (secondary N) is 1. The van der Waals surface area contributed by atoms with Gasteiger partial charge in [-0.2, -0.15) is 5.10 Å².